The first kappa shape index (κ1) is 14.9. The zero-order valence-electron chi connectivity index (χ0n) is 11.7. The number of carbonyl (C=O) groups is 2. The van der Waals surface area contributed by atoms with Crippen molar-refractivity contribution in [3.05, 3.63) is 0 Å². The van der Waals surface area contributed by atoms with Crippen molar-refractivity contribution in [1.82, 2.24) is 20.9 Å². The van der Waals surface area contributed by atoms with Crippen LogP contribution in [0.4, 0.5) is 4.79 Å². The normalized spacial score (nSPS) is 21.4. The topological polar surface area (TPSA) is 73.5 Å². The fraction of sp³-hybridized carbons (Fsp3) is 0.833. The second kappa shape index (κ2) is 6.15. The van der Waals surface area contributed by atoms with Crippen LogP contribution in [0.5, 0.6) is 0 Å². The minimum atomic E-state index is -0.435. The Balaban J connectivity index is 2.30. The average Bonchev–Trinajstić information content (AvgIpc) is 2.13. The van der Waals surface area contributed by atoms with E-state index in [2.05, 4.69) is 22.9 Å². The number of imide groups is 1. The molecule has 6 heteroatoms. The summed E-state index contributed by atoms with van der Waals surface area (Å²) in [6.45, 7) is 10.5. The lowest BCUT2D eigenvalue weighted by molar-refractivity contribution is -0.121. The molecule has 0 aromatic rings. The monoisotopic (exact) mass is 256 g/mol. The standard InChI is InChI=1S/C12H24N4O2/c1-9-7-16(6-5-13-9)8-10(17)14-11(18)15-12(2,3)4/h9,13H,5-8H2,1-4H3,(H2,14,15,17,18). The van der Waals surface area contributed by atoms with Gasteiger partial charge in [-0.3, -0.25) is 15.0 Å². The summed E-state index contributed by atoms with van der Waals surface area (Å²) in [5, 5.41) is 8.35. The van der Waals surface area contributed by atoms with Crippen molar-refractivity contribution in [2.45, 2.75) is 39.3 Å². The minimum absolute atomic E-state index is 0.258. The van der Waals surface area contributed by atoms with Crippen molar-refractivity contribution < 1.29 is 9.59 Å². The van der Waals surface area contributed by atoms with E-state index in [1.807, 2.05) is 25.7 Å². The maximum absolute atomic E-state index is 11.7. The molecule has 0 aromatic heterocycles. The number of carbonyl (C=O) groups excluding carboxylic acids is 2. The molecular weight excluding hydrogens is 232 g/mol. The number of urea groups is 1. The highest BCUT2D eigenvalue weighted by molar-refractivity contribution is 5.95. The van der Waals surface area contributed by atoms with Gasteiger partial charge in [-0.05, 0) is 27.7 Å². The summed E-state index contributed by atoms with van der Waals surface area (Å²) in [5.74, 6) is -0.258. The Labute approximate surface area is 108 Å². The number of hydrogen-bond donors (Lipinski definition) is 3. The Kier molecular flexibility index (Phi) is 5.10. The SMILES string of the molecule is CC1CN(CC(=O)NC(=O)NC(C)(C)C)CCN1. The number of rotatable bonds is 2. The van der Waals surface area contributed by atoms with Gasteiger partial charge in [0.1, 0.15) is 0 Å². The Morgan fingerprint density at radius 1 is 1.39 bits per heavy atom. The number of amides is 3. The maximum atomic E-state index is 11.7. The molecule has 3 amide bonds. The van der Waals surface area contributed by atoms with Crippen LogP contribution in [0.15, 0.2) is 0 Å². The van der Waals surface area contributed by atoms with Gasteiger partial charge in [0.2, 0.25) is 5.91 Å². The fourth-order valence-electron chi connectivity index (χ4n) is 1.90. The van der Waals surface area contributed by atoms with Gasteiger partial charge in [0.15, 0.2) is 0 Å². The summed E-state index contributed by atoms with van der Waals surface area (Å²) in [6.07, 6.45) is 0. The Morgan fingerprint density at radius 2 is 2.06 bits per heavy atom. The molecule has 0 aromatic carbocycles. The minimum Gasteiger partial charge on any atom is -0.333 e. The Hall–Kier alpha value is -1.14. The van der Waals surface area contributed by atoms with Crippen molar-refractivity contribution >= 4 is 11.9 Å². The lowest BCUT2D eigenvalue weighted by atomic mass is 10.1. The lowest BCUT2D eigenvalue weighted by Crippen LogP contribution is -2.54. The molecule has 104 valence electrons. The molecule has 0 saturated carbocycles. The molecule has 1 rings (SSSR count). The second-order valence-electron chi connectivity index (χ2n) is 5.84. The molecule has 0 aliphatic carbocycles. The third-order valence-electron chi connectivity index (χ3n) is 2.56. The van der Waals surface area contributed by atoms with Gasteiger partial charge in [-0.25, -0.2) is 4.79 Å². The molecule has 1 saturated heterocycles. The van der Waals surface area contributed by atoms with Gasteiger partial charge < -0.3 is 10.6 Å². The molecule has 1 aliphatic heterocycles. The number of nitrogens with one attached hydrogen (secondary N) is 3. The summed E-state index contributed by atoms with van der Waals surface area (Å²) in [7, 11) is 0. The molecule has 1 fully saturated rings. The predicted molar refractivity (Wildman–Crippen MR) is 70.3 cm³/mol. The lowest BCUT2D eigenvalue weighted by Gasteiger charge is -2.31. The molecule has 0 spiro atoms. The van der Waals surface area contributed by atoms with Gasteiger partial charge in [0, 0.05) is 31.2 Å². The van der Waals surface area contributed by atoms with Crippen molar-refractivity contribution in [2.75, 3.05) is 26.2 Å². The van der Waals surface area contributed by atoms with E-state index < -0.39 is 6.03 Å². The van der Waals surface area contributed by atoms with E-state index in [9.17, 15) is 9.59 Å². The van der Waals surface area contributed by atoms with E-state index in [0.29, 0.717) is 6.04 Å². The molecule has 1 heterocycles. The van der Waals surface area contributed by atoms with E-state index >= 15 is 0 Å². The first-order chi connectivity index (χ1) is 8.26. The van der Waals surface area contributed by atoms with E-state index in [4.69, 9.17) is 0 Å². The van der Waals surface area contributed by atoms with Gasteiger partial charge >= 0.3 is 6.03 Å². The van der Waals surface area contributed by atoms with E-state index in [0.717, 1.165) is 19.6 Å². The van der Waals surface area contributed by atoms with Crippen molar-refractivity contribution in [3.8, 4) is 0 Å². The molecule has 0 bridgehead atoms. The highest BCUT2D eigenvalue weighted by Gasteiger charge is 2.20. The second-order valence-corrected chi connectivity index (χ2v) is 5.84. The zero-order valence-corrected chi connectivity index (χ0v) is 11.7. The van der Waals surface area contributed by atoms with E-state index in [1.165, 1.54) is 0 Å². The highest BCUT2D eigenvalue weighted by atomic mass is 16.2. The van der Waals surface area contributed by atoms with Gasteiger partial charge in [-0.2, -0.15) is 0 Å². The smallest absolute Gasteiger partial charge is 0.321 e. The summed E-state index contributed by atoms with van der Waals surface area (Å²) in [4.78, 5) is 25.2. The summed E-state index contributed by atoms with van der Waals surface area (Å²) in [5.41, 5.74) is -0.339. The average molecular weight is 256 g/mol. The van der Waals surface area contributed by atoms with Crippen LogP contribution in [-0.4, -0.2) is 54.6 Å². The molecule has 6 nitrogen and oxygen atoms in total. The molecule has 1 aliphatic rings. The van der Waals surface area contributed by atoms with E-state index in [1.54, 1.807) is 0 Å². The summed E-state index contributed by atoms with van der Waals surface area (Å²) < 4.78 is 0. The summed E-state index contributed by atoms with van der Waals surface area (Å²) in [6, 6.07) is -0.0503. The van der Waals surface area contributed by atoms with Crippen LogP contribution < -0.4 is 16.0 Å². The molecule has 18 heavy (non-hydrogen) atoms. The van der Waals surface area contributed by atoms with E-state index in [-0.39, 0.29) is 18.0 Å². The third kappa shape index (κ3) is 5.97. The van der Waals surface area contributed by atoms with Crippen LogP contribution >= 0.6 is 0 Å². The zero-order chi connectivity index (χ0) is 13.8. The Morgan fingerprint density at radius 3 is 2.61 bits per heavy atom. The fourth-order valence-corrected chi connectivity index (χ4v) is 1.90. The first-order valence-electron chi connectivity index (χ1n) is 6.34. The molecule has 3 N–H and O–H groups in total. The number of nitrogens with zero attached hydrogens (tertiary/aromatic N) is 1. The third-order valence-corrected chi connectivity index (χ3v) is 2.56. The van der Waals surface area contributed by atoms with Gasteiger partial charge in [-0.15, -0.1) is 0 Å². The maximum Gasteiger partial charge on any atom is 0.321 e. The largest absolute Gasteiger partial charge is 0.333 e. The van der Waals surface area contributed by atoms with Gasteiger partial charge in [0.05, 0.1) is 6.54 Å². The summed E-state index contributed by atoms with van der Waals surface area (Å²) >= 11 is 0. The van der Waals surface area contributed by atoms with Crippen molar-refractivity contribution in [2.24, 2.45) is 0 Å². The van der Waals surface area contributed by atoms with Crippen LogP contribution in [0.2, 0.25) is 0 Å². The van der Waals surface area contributed by atoms with Crippen LogP contribution in [0.1, 0.15) is 27.7 Å². The van der Waals surface area contributed by atoms with Crippen LogP contribution in [0.3, 0.4) is 0 Å². The van der Waals surface area contributed by atoms with Crippen LogP contribution in [-0.2, 0) is 4.79 Å². The Bertz CT molecular complexity index is 312. The molecule has 1 unspecified atom stereocenters. The van der Waals surface area contributed by atoms with Crippen molar-refractivity contribution in [3.63, 3.8) is 0 Å². The predicted octanol–water partition coefficient (Wildman–Crippen LogP) is -0.0956. The van der Waals surface area contributed by atoms with Gasteiger partial charge in [-0.1, -0.05) is 0 Å². The molecule has 0 radical (unpaired) electrons. The highest BCUT2D eigenvalue weighted by Crippen LogP contribution is 1.99. The molecule has 1 atom stereocenters. The number of hydrogen-bond acceptors (Lipinski definition) is 4. The number of piperazine rings is 1. The van der Waals surface area contributed by atoms with Gasteiger partial charge in [0.25, 0.3) is 0 Å². The van der Waals surface area contributed by atoms with Crippen molar-refractivity contribution in [1.29, 1.82) is 0 Å². The quantitative estimate of drug-likeness (QED) is 0.645. The first-order valence-corrected chi connectivity index (χ1v) is 6.34. The van der Waals surface area contributed by atoms with Crippen LogP contribution in [0, 0.1) is 0 Å². The molecular formula is C12H24N4O2. The van der Waals surface area contributed by atoms with Crippen LogP contribution in [0.25, 0.3) is 0 Å².